The largest absolute Gasteiger partial charge is 0.412 e. The van der Waals surface area contributed by atoms with Gasteiger partial charge in [-0.05, 0) is 91.7 Å². The Balaban J connectivity index is 2.07. The van der Waals surface area contributed by atoms with E-state index >= 15 is 0 Å². The fourth-order valence-electron chi connectivity index (χ4n) is 7.73. The van der Waals surface area contributed by atoms with E-state index in [0.29, 0.717) is 27.5 Å². The van der Waals surface area contributed by atoms with E-state index in [4.69, 9.17) is 4.43 Å². The minimum Gasteiger partial charge on any atom is -0.412 e. The van der Waals surface area contributed by atoms with Crippen LogP contribution in [-0.2, 0) is 4.43 Å². The molecule has 0 heterocycles. The van der Waals surface area contributed by atoms with Crippen LogP contribution in [0.1, 0.15) is 115 Å². The number of hydrogen-bond acceptors (Lipinski definition) is 1. The van der Waals surface area contributed by atoms with E-state index in [2.05, 4.69) is 88.3 Å². The Bertz CT molecular complexity index is 636. The average molecular weight is 447 g/mol. The van der Waals surface area contributed by atoms with E-state index in [1.54, 1.807) is 5.57 Å². The monoisotopic (exact) mass is 446 g/mol. The second-order valence-corrected chi connectivity index (χ2v) is 18.0. The highest BCUT2D eigenvalue weighted by molar-refractivity contribution is 6.77. The highest BCUT2D eigenvalue weighted by Gasteiger charge is 2.52. The van der Waals surface area contributed by atoms with Crippen LogP contribution in [0.15, 0.2) is 23.3 Å². The summed E-state index contributed by atoms with van der Waals surface area (Å²) in [6.07, 6.45) is 12.9. The van der Waals surface area contributed by atoms with E-state index in [9.17, 15) is 0 Å². The molecule has 0 unspecified atom stereocenters. The van der Waals surface area contributed by atoms with Crippen LogP contribution in [0.5, 0.6) is 0 Å². The standard InChI is InChI=1S/C29H54OSi/c1-21(2)31(22(3)4,23(5)6)30-20-17-24(7)15-18-28(10)26(9)16-19-29(11)25(8)13-12-14-27(28)29/h13,17,21-23,26-27H,12,14-16,18-20H2,1-11H3/b24-17+/t26-,27-,28+,29-/m0/s1. The molecule has 2 heteroatoms. The van der Waals surface area contributed by atoms with E-state index in [1.807, 2.05) is 0 Å². The average Bonchev–Trinajstić information content (AvgIpc) is 2.68. The van der Waals surface area contributed by atoms with Crippen LogP contribution in [0.25, 0.3) is 0 Å². The molecule has 1 saturated carbocycles. The van der Waals surface area contributed by atoms with Crippen molar-refractivity contribution in [3.63, 3.8) is 0 Å². The molecular weight excluding hydrogens is 392 g/mol. The lowest BCUT2D eigenvalue weighted by Crippen LogP contribution is -2.49. The predicted molar refractivity (Wildman–Crippen MR) is 141 cm³/mol. The zero-order chi connectivity index (χ0) is 23.6. The van der Waals surface area contributed by atoms with Crippen molar-refractivity contribution < 1.29 is 4.43 Å². The third kappa shape index (κ3) is 5.11. The van der Waals surface area contributed by atoms with Crippen molar-refractivity contribution in [2.45, 2.75) is 131 Å². The highest BCUT2D eigenvalue weighted by atomic mass is 28.4. The van der Waals surface area contributed by atoms with Crippen molar-refractivity contribution in [3.8, 4) is 0 Å². The molecule has 0 spiro atoms. The Morgan fingerprint density at radius 3 is 2.23 bits per heavy atom. The fraction of sp³-hybridized carbons (Fsp3) is 0.862. The molecule has 0 bridgehead atoms. The summed E-state index contributed by atoms with van der Waals surface area (Å²) in [6.45, 7) is 27.6. The molecule has 31 heavy (non-hydrogen) atoms. The van der Waals surface area contributed by atoms with E-state index in [1.165, 1.54) is 44.1 Å². The summed E-state index contributed by atoms with van der Waals surface area (Å²) in [5.41, 5.74) is 6.04. The first-order chi connectivity index (χ1) is 14.3. The number of rotatable bonds is 9. The summed E-state index contributed by atoms with van der Waals surface area (Å²) in [7, 11) is -1.77. The normalized spacial score (nSPS) is 32.6. The second-order valence-electron chi connectivity index (χ2n) is 12.6. The molecule has 2 aliphatic rings. The van der Waals surface area contributed by atoms with Crippen molar-refractivity contribution in [1.82, 2.24) is 0 Å². The molecular formula is C29H54OSi. The lowest BCUT2D eigenvalue weighted by atomic mass is 9.47. The molecule has 2 rings (SSSR count). The predicted octanol–water partition coefficient (Wildman–Crippen LogP) is 9.70. The molecule has 0 aromatic rings. The third-order valence-corrected chi connectivity index (χ3v) is 16.2. The summed E-state index contributed by atoms with van der Waals surface area (Å²) in [5, 5.41) is 0. The van der Waals surface area contributed by atoms with Gasteiger partial charge in [-0.3, -0.25) is 0 Å². The van der Waals surface area contributed by atoms with E-state index < -0.39 is 8.32 Å². The van der Waals surface area contributed by atoms with Crippen LogP contribution in [-0.4, -0.2) is 14.9 Å². The SMILES string of the molecule is CC1=CCC[C@H]2[C@](C)(CC/C(C)=C/CO[Si](C(C)C)(C(C)C)C(C)C)[C@@H](C)CC[C@@]12C. The van der Waals surface area contributed by atoms with Gasteiger partial charge in [-0.25, -0.2) is 0 Å². The Morgan fingerprint density at radius 1 is 1.10 bits per heavy atom. The zero-order valence-corrected chi connectivity index (χ0v) is 23.9. The topological polar surface area (TPSA) is 9.23 Å². The van der Waals surface area contributed by atoms with Gasteiger partial charge in [-0.2, -0.15) is 0 Å². The van der Waals surface area contributed by atoms with Crippen LogP contribution in [0, 0.1) is 22.7 Å². The van der Waals surface area contributed by atoms with Crippen molar-refractivity contribution in [2.24, 2.45) is 22.7 Å². The molecule has 0 aromatic heterocycles. The minimum atomic E-state index is -1.77. The Hall–Kier alpha value is -0.343. The Labute approximate surface area is 196 Å². The lowest BCUT2D eigenvalue weighted by molar-refractivity contribution is -0.0466. The smallest absolute Gasteiger partial charge is 0.200 e. The molecule has 0 saturated heterocycles. The van der Waals surface area contributed by atoms with Gasteiger partial charge in [-0.15, -0.1) is 0 Å². The van der Waals surface area contributed by atoms with Crippen molar-refractivity contribution in [2.75, 3.05) is 6.61 Å². The molecule has 180 valence electrons. The van der Waals surface area contributed by atoms with Gasteiger partial charge in [0.05, 0.1) is 6.61 Å². The molecule has 1 nitrogen and oxygen atoms in total. The van der Waals surface area contributed by atoms with Gasteiger partial charge in [0.25, 0.3) is 0 Å². The van der Waals surface area contributed by atoms with Crippen molar-refractivity contribution >= 4 is 8.32 Å². The Kier molecular flexibility index (Phi) is 8.93. The lowest BCUT2D eigenvalue weighted by Gasteiger charge is -2.58. The molecule has 0 aliphatic heterocycles. The molecule has 0 amide bonds. The number of hydrogen-bond donors (Lipinski definition) is 0. The maximum absolute atomic E-state index is 6.79. The first-order valence-corrected chi connectivity index (χ1v) is 15.4. The van der Waals surface area contributed by atoms with E-state index in [-0.39, 0.29) is 0 Å². The molecule has 0 N–H and O–H groups in total. The van der Waals surface area contributed by atoms with Gasteiger partial charge < -0.3 is 4.43 Å². The van der Waals surface area contributed by atoms with Gasteiger partial charge in [0.1, 0.15) is 0 Å². The summed E-state index contributed by atoms with van der Waals surface area (Å²) < 4.78 is 6.79. The van der Waals surface area contributed by atoms with Crippen LogP contribution >= 0.6 is 0 Å². The summed E-state index contributed by atoms with van der Waals surface area (Å²) in [6, 6.07) is 0. The zero-order valence-electron chi connectivity index (χ0n) is 22.9. The maximum Gasteiger partial charge on any atom is 0.200 e. The molecule has 4 atom stereocenters. The van der Waals surface area contributed by atoms with Gasteiger partial charge in [0.2, 0.25) is 8.32 Å². The molecule has 1 fully saturated rings. The van der Waals surface area contributed by atoms with Crippen molar-refractivity contribution in [3.05, 3.63) is 23.3 Å². The Morgan fingerprint density at radius 2 is 1.68 bits per heavy atom. The molecule has 2 aliphatic carbocycles. The fourth-order valence-corrected chi connectivity index (χ4v) is 13.1. The maximum atomic E-state index is 6.79. The van der Waals surface area contributed by atoms with Crippen LogP contribution in [0.2, 0.25) is 16.6 Å². The summed E-state index contributed by atoms with van der Waals surface area (Å²) >= 11 is 0. The van der Waals surface area contributed by atoms with Gasteiger partial charge in [-0.1, -0.05) is 85.6 Å². The first kappa shape index (κ1) is 26.9. The third-order valence-electron chi connectivity index (χ3n) is 10.1. The molecule has 0 radical (unpaired) electrons. The first-order valence-electron chi connectivity index (χ1n) is 13.3. The van der Waals surface area contributed by atoms with Crippen molar-refractivity contribution in [1.29, 1.82) is 0 Å². The summed E-state index contributed by atoms with van der Waals surface area (Å²) in [5.74, 6) is 1.66. The quantitative estimate of drug-likeness (QED) is 0.253. The summed E-state index contributed by atoms with van der Waals surface area (Å²) in [4.78, 5) is 0. The van der Waals surface area contributed by atoms with Crippen LogP contribution in [0.4, 0.5) is 0 Å². The molecule has 0 aromatic carbocycles. The van der Waals surface area contributed by atoms with E-state index in [0.717, 1.165) is 18.4 Å². The highest BCUT2D eigenvalue weighted by Crippen LogP contribution is 2.61. The number of allylic oxidation sites excluding steroid dienone is 3. The van der Waals surface area contributed by atoms with Gasteiger partial charge in [0.15, 0.2) is 0 Å². The second kappa shape index (κ2) is 10.3. The van der Waals surface area contributed by atoms with Gasteiger partial charge >= 0.3 is 0 Å². The van der Waals surface area contributed by atoms with Crippen LogP contribution in [0.3, 0.4) is 0 Å². The van der Waals surface area contributed by atoms with Gasteiger partial charge in [0, 0.05) is 0 Å². The number of fused-ring (bicyclic) bond motifs is 1. The minimum absolute atomic E-state index is 0.428. The van der Waals surface area contributed by atoms with Crippen LogP contribution < -0.4 is 0 Å².